The number of fused-ring (bicyclic) bond motifs is 1. The Balaban J connectivity index is 2.06. The summed E-state index contributed by atoms with van der Waals surface area (Å²) in [6.07, 6.45) is 0. The molecule has 0 unspecified atom stereocenters. The molecule has 0 radical (unpaired) electrons. The lowest BCUT2D eigenvalue weighted by Gasteiger charge is -2.12. The minimum Gasteiger partial charge on any atom is -0.505 e. The van der Waals surface area contributed by atoms with Gasteiger partial charge in [0.2, 0.25) is 0 Å². The normalized spacial score (nSPS) is 10.7. The SMILES string of the molecule is O=C(Nc1c(Cl)c(Cl)cc(Cl)c1Cl)Nc1c(O)c2ccccc2[nH]c(=O)c1=O. The molecule has 2 amide bonds. The van der Waals surface area contributed by atoms with Gasteiger partial charge in [0.25, 0.3) is 11.0 Å². The standard InChI is InChI=1S/C17H9Cl4N3O4/c18-7-5-8(19)11(21)12(10(7)20)23-17(28)24-13-14(25)6-3-1-2-4-9(6)22-16(27)15(13)26/h1-5H,(H4,22,23,24,25,26,27,28). The highest BCUT2D eigenvalue weighted by atomic mass is 35.5. The number of urea groups is 1. The number of aromatic amines is 1. The van der Waals surface area contributed by atoms with Crippen LogP contribution >= 0.6 is 46.4 Å². The van der Waals surface area contributed by atoms with Crippen LogP contribution in [0.25, 0.3) is 10.9 Å². The first kappa shape index (κ1) is 20.3. The van der Waals surface area contributed by atoms with Crippen molar-refractivity contribution in [3.8, 4) is 5.75 Å². The van der Waals surface area contributed by atoms with Crippen LogP contribution in [0.1, 0.15) is 0 Å². The van der Waals surface area contributed by atoms with E-state index in [9.17, 15) is 19.5 Å². The minimum absolute atomic E-state index is 0.0345. The summed E-state index contributed by atoms with van der Waals surface area (Å²) < 4.78 is 0. The third-order valence-corrected chi connectivity index (χ3v) is 5.26. The predicted molar refractivity (Wildman–Crippen MR) is 112 cm³/mol. The van der Waals surface area contributed by atoms with Gasteiger partial charge in [-0.15, -0.1) is 0 Å². The van der Waals surface area contributed by atoms with Crippen LogP contribution in [0.3, 0.4) is 0 Å². The average molecular weight is 461 g/mol. The van der Waals surface area contributed by atoms with Gasteiger partial charge in [0.05, 0.1) is 31.3 Å². The van der Waals surface area contributed by atoms with E-state index in [0.29, 0.717) is 0 Å². The zero-order valence-corrected chi connectivity index (χ0v) is 16.6. The van der Waals surface area contributed by atoms with E-state index in [4.69, 9.17) is 46.4 Å². The van der Waals surface area contributed by atoms with Crippen LogP contribution in [-0.2, 0) is 0 Å². The first-order valence-corrected chi connectivity index (χ1v) is 9.01. The molecule has 1 heterocycles. The van der Waals surface area contributed by atoms with Crippen molar-refractivity contribution in [2.45, 2.75) is 0 Å². The Hall–Kier alpha value is -2.45. The zero-order chi connectivity index (χ0) is 20.6. The molecular formula is C17H9Cl4N3O4. The third-order valence-electron chi connectivity index (χ3n) is 3.69. The first-order valence-electron chi connectivity index (χ1n) is 7.50. The van der Waals surface area contributed by atoms with Crippen LogP contribution in [0.2, 0.25) is 20.1 Å². The molecule has 4 N–H and O–H groups in total. The monoisotopic (exact) mass is 459 g/mol. The van der Waals surface area contributed by atoms with Gasteiger partial charge >= 0.3 is 6.03 Å². The van der Waals surface area contributed by atoms with Gasteiger partial charge in [-0.1, -0.05) is 58.5 Å². The average Bonchev–Trinajstić information content (AvgIpc) is 2.74. The number of benzene rings is 2. The van der Waals surface area contributed by atoms with Crippen LogP contribution in [0.5, 0.6) is 5.75 Å². The zero-order valence-electron chi connectivity index (χ0n) is 13.6. The van der Waals surface area contributed by atoms with Crippen LogP contribution < -0.4 is 21.6 Å². The Morgan fingerprint density at radius 3 is 2.14 bits per heavy atom. The molecule has 0 aliphatic rings. The number of hydrogen-bond donors (Lipinski definition) is 4. The maximum absolute atomic E-state index is 12.4. The maximum Gasteiger partial charge on any atom is 0.323 e. The number of nitrogens with one attached hydrogen (secondary N) is 3. The van der Waals surface area contributed by atoms with Crippen LogP contribution in [0, 0.1) is 0 Å². The smallest absolute Gasteiger partial charge is 0.323 e. The fourth-order valence-electron chi connectivity index (χ4n) is 2.39. The van der Waals surface area contributed by atoms with E-state index in [1.807, 2.05) is 0 Å². The second kappa shape index (κ2) is 7.89. The number of aromatic hydroxyl groups is 1. The second-order valence-electron chi connectivity index (χ2n) is 5.47. The van der Waals surface area contributed by atoms with Crippen LogP contribution in [0.15, 0.2) is 39.9 Å². The van der Waals surface area contributed by atoms with Crippen molar-refractivity contribution in [3.05, 3.63) is 71.0 Å². The number of carbonyl (C=O) groups excluding carboxylic acids is 1. The summed E-state index contributed by atoms with van der Waals surface area (Å²) in [7, 11) is 0. The predicted octanol–water partition coefficient (Wildman–Crippen LogP) is 4.85. The fraction of sp³-hybridized carbons (Fsp3) is 0. The summed E-state index contributed by atoms with van der Waals surface area (Å²) in [6, 6.07) is 6.43. The maximum atomic E-state index is 12.4. The van der Waals surface area contributed by atoms with Crippen molar-refractivity contribution >= 4 is 74.7 Å². The molecule has 0 spiro atoms. The van der Waals surface area contributed by atoms with Crippen molar-refractivity contribution in [2.75, 3.05) is 10.6 Å². The highest BCUT2D eigenvalue weighted by Crippen LogP contribution is 2.41. The molecule has 2 aromatic carbocycles. The van der Waals surface area contributed by atoms with Gasteiger partial charge in [-0.25, -0.2) is 4.79 Å². The molecule has 11 heteroatoms. The van der Waals surface area contributed by atoms with E-state index >= 15 is 0 Å². The van der Waals surface area contributed by atoms with Gasteiger partial charge < -0.3 is 20.7 Å². The number of hydrogen-bond acceptors (Lipinski definition) is 4. The van der Waals surface area contributed by atoms with Crippen LogP contribution in [-0.4, -0.2) is 16.1 Å². The highest BCUT2D eigenvalue weighted by Gasteiger charge is 2.19. The van der Waals surface area contributed by atoms with E-state index in [2.05, 4.69) is 15.6 Å². The molecule has 144 valence electrons. The molecule has 3 rings (SSSR count). The van der Waals surface area contributed by atoms with Crippen molar-refractivity contribution in [1.29, 1.82) is 0 Å². The topological polar surface area (TPSA) is 111 Å². The second-order valence-corrected chi connectivity index (χ2v) is 7.05. The Bertz CT molecular complexity index is 1220. The van der Waals surface area contributed by atoms with E-state index in [1.54, 1.807) is 12.1 Å². The molecule has 1 aromatic heterocycles. The van der Waals surface area contributed by atoms with Gasteiger partial charge in [0.1, 0.15) is 5.69 Å². The molecule has 0 bridgehead atoms. The summed E-state index contributed by atoms with van der Waals surface area (Å²) in [4.78, 5) is 39.0. The van der Waals surface area contributed by atoms with Gasteiger partial charge in [0, 0.05) is 5.39 Å². The third kappa shape index (κ3) is 3.74. The number of aromatic nitrogens is 1. The molecule has 0 aliphatic carbocycles. The molecule has 0 saturated heterocycles. The number of H-pyrrole nitrogens is 1. The number of carbonyl (C=O) groups is 1. The van der Waals surface area contributed by atoms with Crippen molar-refractivity contribution in [2.24, 2.45) is 0 Å². The molecule has 0 fully saturated rings. The van der Waals surface area contributed by atoms with E-state index in [1.165, 1.54) is 18.2 Å². The fourth-order valence-corrected chi connectivity index (χ4v) is 3.29. The highest BCUT2D eigenvalue weighted by molar-refractivity contribution is 6.50. The van der Waals surface area contributed by atoms with Gasteiger partial charge in [0.15, 0.2) is 5.75 Å². The number of amides is 2. The Morgan fingerprint density at radius 1 is 0.929 bits per heavy atom. The quantitative estimate of drug-likeness (QED) is 0.323. The molecular weight excluding hydrogens is 452 g/mol. The minimum atomic E-state index is -1.15. The van der Waals surface area contributed by atoms with E-state index in [-0.39, 0.29) is 36.7 Å². The molecule has 28 heavy (non-hydrogen) atoms. The van der Waals surface area contributed by atoms with Crippen LogP contribution in [0.4, 0.5) is 16.2 Å². The van der Waals surface area contributed by atoms with Crippen molar-refractivity contribution < 1.29 is 9.90 Å². The number of anilines is 2. The summed E-state index contributed by atoms with van der Waals surface area (Å²) in [6.45, 7) is 0. The van der Waals surface area contributed by atoms with Gasteiger partial charge in [-0.3, -0.25) is 9.59 Å². The Morgan fingerprint density at radius 2 is 1.50 bits per heavy atom. The lowest BCUT2D eigenvalue weighted by atomic mass is 10.2. The lowest BCUT2D eigenvalue weighted by Crippen LogP contribution is -2.30. The van der Waals surface area contributed by atoms with Crippen molar-refractivity contribution in [1.82, 2.24) is 4.98 Å². The molecule has 7 nitrogen and oxygen atoms in total. The van der Waals surface area contributed by atoms with Gasteiger partial charge in [-0.2, -0.15) is 0 Å². The number of para-hydroxylation sites is 1. The van der Waals surface area contributed by atoms with E-state index < -0.39 is 28.5 Å². The Labute approximate surface area is 176 Å². The molecule has 0 saturated carbocycles. The summed E-state index contributed by atoms with van der Waals surface area (Å²) in [5.41, 5.74) is -2.70. The largest absolute Gasteiger partial charge is 0.505 e. The van der Waals surface area contributed by atoms with Gasteiger partial charge in [-0.05, 0) is 18.2 Å². The lowest BCUT2D eigenvalue weighted by molar-refractivity contribution is 0.262. The molecule has 3 aromatic rings. The molecule has 0 atom stereocenters. The van der Waals surface area contributed by atoms with E-state index in [0.717, 1.165) is 0 Å². The molecule has 0 aliphatic heterocycles. The Kier molecular flexibility index (Phi) is 5.71. The summed E-state index contributed by atoms with van der Waals surface area (Å²) in [5.74, 6) is -0.588. The summed E-state index contributed by atoms with van der Waals surface area (Å²) in [5, 5.41) is 14.9. The summed E-state index contributed by atoms with van der Waals surface area (Å²) >= 11 is 23.9. The van der Waals surface area contributed by atoms with Crippen molar-refractivity contribution in [3.63, 3.8) is 0 Å². The number of rotatable bonds is 2. The number of halogens is 4. The first-order chi connectivity index (χ1) is 13.2.